The molecule has 0 aromatic heterocycles. The highest BCUT2D eigenvalue weighted by Gasteiger charge is 2.35. The number of phenols is 1. The number of unbranched alkanes of at least 4 members (excludes halogenated alkanes) is 2. The van der Waals surface area contributed by atoms with E-state index in [1.807, 2.05) is 24.3 Å². The molecule has 0 radical (unpaired) electrons. The van der Waals surface area contributed by atoms with Crippen LogP contribution in [-0.2, 0) is 22.4 Å². The molecular weight excluding hydrogens is 446 g/mol. The number of Topliss-reactive ketones (excluding diaryl/α,β-unsaturated/α-hetero) is 1. The van der Waals surface area contributed by atoms with Crippen molar-refractivity contribution in [2.24, 2.45) is 11.8 Å². The highest BCUT2D eigenvalue weighted by atomic mass is 16.3. The second kappa shape index (κ2) is 13.6. The van der Waals surface area contributed by atoms with Gasteiger partial charge in [0.25, 0.3) is 0 Å². The fourth-order valence-corrected chi connectivity index (χ4v) is 5.75. The smallest absolute Gasteiger partial charge is 0.207 e. The summed E-state index contributed by atoms with van der Waals surface area (Å²) >= 11 is 0. The van der Waals surface area contributed by atoms with Crippen LogP contribution in [0.3, 0.4) is 0 Å². The van der Waals surface area contributed by atoms with Gasteiger partial charge < -0.3 is 10.4 Å². The third-order valence-electron chi connectivity index (χ3n) is 8.12. The molecule has 3 unspecified atom stereocenters. The van der Waals surface area contributed by atoms with Crippen LogP contribution in [0.25, 0.3) is 0 Å². The van der Waals surface area contributed by atoms with E-state index in [1.165, 1.54) is 32.1 Å². The molecule has 2 aromatic carbocycles. The molecule has 0 bridgehead atoms. The number of fused-ring (bicyclic) bond motifs is 2. The van der Waals surface area contributed by atoms with Gasteiger partial charge in [-0.3, -0.25) is 9.59 Å². The maximum absolute atomic E-state index is 13.0. The maximum Gasteiger partial charge on any atom is 0.207 e. The number of nitrogens with one attached hydrogen (secondary N) is 1. The molecule has 0 amide bonds. The summed E-state index contributed by atoms with van der Waals surface area (Å²) in [5.41, 5.74) is 5.35. The molecule has 0 saturated heterocycles. The van der Waals surface area contributed by atoms with Crippen LogP contribution in [-0.4, -0.2) is 23.7 Å². The zero-order chi connectivity index (χ0) is 26.1. The van der Waals surface area contributed by atoms with E-state index in [4.69, 9.17) is 0 Å². The number of hydrogen-bond acceptors (Lipinski definition) is 4. The lowest BCUT2D eigenvalue weighted by molar-refractivity contribution is -0.130. The van der Waals surface area contributed by atoms with E-state index in [0.717, 1.165) is 65.7 Å². The van der Waals surface area contributed by atoms with Crippen LogP contribution in [0, 0.1) is 11.8 Å². The first-order valence-electron chi connectivity index (χ1n) is 14.2. The van der Waals surface area contributed by atoms with Crippen molar-refractivity contribution in [1.29, 1.82) is 0 Å². The third-order valence-corrected chi connectivity index (χ3v) is 8.12. The monoisotopic (exact) mass is 491 g/mol. The lowest BCUT2D eigenvalue weighted by atomic mass is 9.74. The van der Waals surface area contributed by atoms with Crippen LogP contribution in [0.2, 0.25) is 0 Å². The summed E-state index contributed by atoms with van der Waals surface area (Å²) in [7, 11) is 0. The summed E-state index contributed by atoms with van der Waals surface area (Å²) in [4.78, 5) is 24.8. The van der Waals surface area contributed by atoms with Gasteiger partial charge in [0, 0.05) is 24.2 Å². The van der Waals surface area contributed by atoms with E-state index >= 15 is 0 Å². The van der Waals surface area contributed by atoms with Crippen LogP contribution in [0.5, 0.6) is 5.75 Å². The number of rotatable bonds is 15. The fourth-order valence-electron chi connectivity index (χ4n) is 5.75. The Morgan fingerprint density at radius 2 is 1.72 bits per heavy atom. The zero-order valence-electron chi connectivity index (χ0n) is 22.7. The Morgan fingerprint density at radius 1 is 1.06 bits per heavy atom. The summed E-state index contributed by atoms with van der Waals surface area (Å²) < 4.78 is 0. The molecule has 4 nitrogen and oxygen atoms in total. The van der Waals surface area contributed by atoms with Crippen molar-refractivity contribution < 1.29 is 14.7 Å². The van der Waals surface area contributed by atoms with Crippen LogP contribution in [0.1, 0.15) is 113 Å². The van der Waals surface area contributed by atoms with Crippen LogP contribution in [0.4, 0.5) is 5.69 Å². The molecule has 196 valence electrons. The van der Waals surface area contributed by atoms with Gasteiger partial charge in [0.15, 0.2) is 6.29 Å². The Labute approximate surface area is 217 Å². The predicted molar refractivity (Wildman–Crippen MR) is 149 cm³/mol. The molecule has 0 fully saturated rings. The molecule has 1 aliphatic rings. The van der Waals surface area contributed by atoms with Crippen molar-refractivity contribution in [1.82, 2.24) is 0 Å². The number of carbonyl (C=O) groups is 2. The van der Waals surface area contributed by atoms with Crippen LogP contribution in [0.15, 0.2) is 30.3 Å². The summed E-state index contributed by atoms with van der Waals surface area (Å²) in [6.07, 6.45) is 11.1. The lowest BCUT2D eigenvalue weighted by Gasteiger charge is -2.31. The van der Waals surface area contributed by atoms with Gasteiger partial charge >= 0.3 is 0 Å². The van der Waals surface area contributed by atoms with E-state index in [1.54, 1.807) is 0 Å². The number of carbonyl (C=O) groups excluding carboxylic acids is 2. The molecule has 0 spiro atoms. The van der Waals surface area contributed by atoms with Crippen molar-refractivity contribution in [2.75, 3.05) is 11.9 Å². The van der Waals surface area contributed by atoms with E-state index in [-0.39, 0.29) is 0 Å². The minimum Gasteiger partial charge on any atom is -0.507 e. The molecular formula is C32H45NO3. The maximum atomic E-state index is 13.0. The fraction of sp³-hybridized carbons (Fsp3) is 0.562. The molecule has 4 heteroatoms. The van der Waals surface area contributed by atoms with Gasteiger partial charge in [-0.2, -0.15) is 0 Å². The minimum absolute atomic E-state index is 0.307. The number of aromatic hydroxyl groups is 1. The van der Waals surface area contributed by atoms with Gasteiger partial charge in [-0.1, -0.05) is 96.9 Å². The first kappa shape index (κ1) is 28.0. The van der Waals surface area contributed by atoms with E-state index in [9.17, 15) is 14.7 Å². The highest BCUT2D eigenvalue weighted by molar-refractivity contribution is 6.29. The van der Waals surface area contributed by atoms with Gasteiger partial charge in [-0.15, -0.1) is 0 Å². The largest absolute Gasteiger partial charge is 0.507 e. The number of ketones is 1. The van der Waals surface area contributed by atoms with E-state index < -0.39 is 11.7 Å². The quantitative estimate of drug-likeness (QED) is 0.153. The Balaban J connectivity index is 2.10. The molecule has 0 heterocycles. The molecule has 3 atom stereocenters. The number of phenolic OH excluding ortho intramolecular Hbond substituents is 1. The van der Waals surface area contributed by atoms with Crippen molar-refractivity contribution in [2.45, 2.75) is 97.8 Å². The minimum atomic E-state index is -0.678. The normalized spacial score (nSPS) is 16.1. The summed E-state index contributed by atoms with van der Waals surface area (Å²) in [5.74, 6) is 0.232. The van der Waals surface area contributed by atoms with Crippen LogP contribution >= 0.6 is 0 Å². The molecule has 0 aliphatic heterocycles. The number of anilines is 1. The standard InChI is InChI=1S/C32H45NO3/c1-5-9-13-22(7-3)17-25-19-28(33-20-23(8-4)14-10-6-2)30-27(32(25)36)18-24-15-11-12-16-26(24)31(30)29(35)21-34/h11-12,15-16,19,21-23,31,33,36H,5-10,13-14,17-18,20H2,1-4H3. The van der Waals surface area contributed by atoms with Crippen molar-refractivity contribution >= 4 is 17.8 Å². The Hall–Kier alpha value is -2.62. The lowest BCUT2D eigenvalue weighted by Crippen LogP contribution is -2.25. The van der Waals surface area contributed by atoms with E-state index in [2.05, 4.69) is 39.1 Å². The summed E-state index contributed by atoms with van der Waals surface area (Å²) in [6.45, 7) is 9.72. The predicted octanol–water partition coefficient (Wildman–Crippen LogP) is 7.58. The Bertz CT molecular complexity index is 1030. The summed E-state index contributed by atoms with van der Waals surface area (Å²) in [6, 6.07) is 9.93. The van der Waals surface area contributed by atoms with Crippen molar-refractivity contribution in [3.05, 3.63) is 58.1 Å². The first-order valence-corrected chi connectivity index (χ1v) is 14.2. The molecule has 2 N–H and O–H groups in total. The average Bonchev–Trinajstić information content (AvgIpc) is 2.91. The SMILES string of the molecule is CCCCC(CC)CNc1cc(CC(CC)CCCC)c(O)c2c1C(C(=O)C=O)c1ccccc1C2. The number of hydrogen-bond donors (Lipinski definition) is 2. The van der Waals surface area contributed by atoms with Gasteiger partial charge in [0.05, 0.1) is 5.92 Å². The first-order chi connectivity index (χ1) is 17.5. The second-order valence-electron chi connectivity index (χ2n) is 10.6. The molecule has 3 rings (SSSR count). The molecule has 1 aliphatic carbocycles. The van der Waals surface area contributed by atoms with Crippen LogP contribution < -0.4 is 5.32 Å². The van der Waals surface area contributed by atoms with Crippen molar-refractivity contribution in [3.63, 3.8) is 0 Å². The third kappa shape index (κ3) is 6.38. The average molecular weight is 492 g/mol. The molecule has 0 saturated carbocycles. The Kier molecular flexibility index (Phi) is 10.6. The number of aldehydes is 1. The molecule has 2 aromatic rings. The van der Waals surface area contributed by atoms with Gasteiger partial charge in [0.2, 0.25) is 5.78 Å². The van der Waals surface area contributed by atoms with Gasteiger partial charge in [-0.05, 0) is 53.0 Å². The van der Waals surface area contributed by atoms with Crippen molar-refractivity contribution in [3.8, 4) is 5.75 Å². The topological polar surface area (TPSA) is 66.4 Å². The van der Waals surface area contributed by atoms with Gasteiger partial charge in [0.1, 0.15) is 5.75 Å². The Morgan fingerprint density at radius 3 is 2.36 bits per heavy atom. The number of benzene rings is 2. The zero-order valence-corrected chi connectivity index (χ0v) is 22.7. The summed E-state index contributed by atoms with van der Waals surface area (Å²) in [5, 5.41) is 15.2. The van der Waals surface area contributed by atoms with Gasteiger partial charge in [-0.25, -0.2) is 0 Å². The van der Waals surface area contributed by atoms with E-state index in [0.29, 0.717) is 30.3 Å². The highest BCUT2D eigenvalue weighted by Crippen LogP contribution is 2.46. The molecule has 36 heavy (non-hydrogen) atoms. The second-order valence-corrected chi connectivity index (χ2v) is 10.6.